The van der Waals surface area contributed by atoms with E-state index < -0.39 is 17.7 Å². The van der Waals surface area contributed by atoms with Crippen LogP contribution in [-0.2, 0) is 24.0 Å². The Labute approximate surface area is 164 Å². The van der Waals surface area contributed by atoms with Gasteiger partial charge in [-0.2, -0.15) is 0 Å². The van der Waals surface area contributed by atoms with Gasteiger partial charge in [0.15, 0.2) is 5.60 Å². The first-order valence-electron chi connectivity index (χ1n) is 9.95. The first-order chi connectivity index (χ1) is 13.0. The van der Waals surface area contributed by atoms with E-state index in [1.807, 2.05) is 25.1 Å². The molecule has 27 heavy (non-hydrogen) atoms. The van der Waals surface area contributed by atoms with Crippen molar-refractivity contribution in [1.82, 2.24) is 0 Å². The third-order valence-electron chi connectivity index (χ3n) is 6.96. The molecule has 6 heteroatoms. The van der Waals surface area contributed by atoms with E-state index in [2.05, 4.69) is 19.1 Å². The van der Waals surface area contributed by atoms with Gasteiger partial charge in [-0.1, -0.05) is 25.1 Å². The molecule has 1 saturated carbocycles. The lowest BCUT2D eigenvalue weighted by Crippen LogP contribution is -2.70. The van der Waals surface area contributed by atoms with E-state index in [4.69, 9.17) is 19.2 Å². The standard InChI is InChI=1S/C21H26O5S/c1-13-8-9-17-15(12-27-14-6-4-3-5-7-14)18(22)23-19-21(17)16(13)10-11-20(2,24-19)25-26-21/h3-7,13,15-17,19H,8-12H2,1-2H3/t13-,15-,16+,17+,19-,20-,21-/m1/s1. The molecule has 0 unspecified atom stereocenters. The fourth-order valence-electron chi connectivity index (χ4n) is 5.50. The molecule has 146 valence electrons. The van der Waals surface area contributed by atoms with Crippen LogP contribution >= 0.6 is 11.8 Å². The number of carbonyl (C=O) groups is 1. The summed E-state index contributed by atoms with van der Waals surface area (Å²) in [5, 5.41) is 0. The van der Waals surface area contributed by atoms with E-state index in [-0.39, 0.29) is 23.7 Å². The van der Waals surface area contributed by atoms with Crippen LogP contribution < -0.4 is 0 Å². The molecule has 6 rings (SSSR count). The summed E-state index contributed by atoms with van der Waals surface area (Å²) in [6.07, 6.45) is 3.10. The number of thioether (sulfide) groups is 1. The van der Waals surface area contributed by atoms with Crippen molar-refractivity contribution >= 4 is 17.7 Å². The lowest BCUT2D eigenvalue weighted by Gasteiger charge is -2.58. The van der Waals surface area contributed by atoms with Crippen LogP contribution in [0.2, 0.25) is 0 Å². The summed E-state index contributed by atoms with van der Waals surface area (Å²) < 4.78 is 12.0. The van der Waals surface area contributed by atoms with Gasteiger partial charge in [-0.25, -0.2) is 9.78 Å². The second-order valence-electron chi connectivity index (χ2n) is 8.58. The molecule has 5 nitrogen and oxygen atoms in total. The number of esters is 1. The topological polar surface area (TPSA) is 54.0 Å². The summed E-state index contributed by atoms with van der Waals surface area (Å²) in [4.78, 5) is 26.0. The number of benzene rings is 1. The van der Waals surface area contributed by atoms with Crippen LogP contribution in [0.1, 0.15) is 39.5 Å². The number of ether oxygens (including phenoxy) is 2. The Bertz CT molecular complexity index is 727. The van der Waals surface area contributed by atoms with Gasteiger partial charge in [0.1, 0.15) is 0 Å². The van der Waals surface area contributed by atoms with Crippen molar-refractivity contribution in [2.24, 2.45) is 23.7 Å². The monoisotopic (exact) mass is 390 g/mol. The average Bonchev–Trinajstić information content (AvgIpc) is 2.89. The summed E-state index contributed by atoms with van der Waals surface area (Å²) in [6.45, 7) is 4.16. The molecule has 1 aromatic carbocycles. The van der Waals surface area contributed by atoms with Crippen molar-refractivity contribution in [3.63, 3.8) is 0 Å². The number of carbonyl (C=O) groups excluding carboxylic acids is 1. The molecule has 1 aromatic rings. The van der Waals surface area contributed by atoms with Crippen LogP contribution in [0.15, 0.2) is 35.2 Å². The average molecular weight is 391 g/mol. The van der Waals surface area contributed by atoms with Crippen molar-refractivity contribution in [2.45, 2.75) is 62.1 Å². The molecule has 4 saturated heterocycles. The first kappa shape index (κ1) is 18.0. The predicted molar refractivity (Wildman–Crippen MR) is 99.5 cm³/mol. The summed E-state index contributed by atoms with van der Waals surface area (Å²) in [5.74, 6) is 0.318. The van der Waals surface area contributed by atoms with E-state index >= 15 is 0 Å². The van der Waals surface area contributed by atoms with Crippen molar-refractivity contribution < 1.29 is 24.0 Å². The maximum Gasteiger partial charge on any atom is 0.312 e. The largest absolute Gasteiger partial charge is 0.432 e. The summed E-state index contributed by atoms with van der Waals surface area (Å²) in [5.41, 5.74) is -0.677. The molecule has 0 N–H and O–H groups in total. The number of hydrogen-bond acceptors (Lipinski definition) is 6. The molecule has 1 spiro atoms. The maximum atomic E-state index is 12.9. The van der Waals surface area contributed by atoms with Gasteiger partial charge in [-0.05, 0) is 44.2 Å². The Kier molecular flexibility index (Phi) is 4.31. The molecule has 1 aliphatic carbocycles. The molecule has 5 aliphatic rings. The Morgan fingerprint density at radius 2 is 1.93 bits per heavy atom. The van der Waals surface area contributed by atoms with Crippen molar-refractivity contribution in [3.8, 4) is 0 Å². The Morgan fingerprint density at radius 3 is 2.74 bits per heavy atom. The zero-order valence-corrected chi connectivity index (χ0v) is 16.6. The quantitative estimate of drug-likeness (QED) is 0.439. The number of rotatable bonds is 3. The van der Waals surface area contributed by atoms with E-state index in [0.29, 0.717) is 11.7 Å². The van der Waals surface area contributed by atoms with Crippen LogP contribution in [0.3, 0.4) is 0 Å². The van der Waals surface area contributed by atoms with Crippen molar-refractivity contribution in [2.75, 3.05) is 5.75 Å². The van der Waals surface area contributed by atoms with Crippen molar-refractivity contribution in [1.29, 1.82) is 0 Å². The molecule has 4 aliphatic heterocycles. The highest BCUT2D eigenvalue weighted by Crippen LogP contribution is 2.60. The zero-order valence-electron chi connectivity index (χ0n) is 15.8. The zero-order chi connectivity index (χ0) is 18.6. The summed E-state index contributed by atoms with van der Waals surface area (Å²) in [7, 11) is 0. The highest BCUT2D eigenvalue weighted by molar-refractivity contribution is 7.99. The summed E-state index contributed by atoms with van der Waals surface area (Å²) >= 11 is 1.70. The molecule has 0 radical (unpaired) electrons. The van der Waals surface area contributed by atoms with Crippen LogP contribution in [0, 0.1) is 23.7 Å². The fourth-order valence-corrected chi connectivity index (χ4v) is 6.59. The van der Waals surface area contributed by atoms with Crippen molar-refractivity contribution in [3.05, 3.63) is 30.3 Å². The van der Waals surface area contributed by atoms with Crippen LogP contribution in [-0.4, -0.2) is 29.4 Å². The van der Waals surface area contributed by atoms with Gasteiger partial charge in [0.2, 0.25) is 12.1 Å². The number of hydrogen-bond donors (Lipinski definition) is 0. The molecular weight excluding hydrogens is 364 g/mol. The molecule has 2 bridgehead atoms. The van der Waals surface area contributed by atoms with Gasteiger partial charge < -0.3 is 9.47 Å². The highest BCUT2D eigenvalue weighted by atomic mass is 32.2. The molecule has 7 atom stereocenters. The molecule has 0 aromatic heterocycles. The fraction of sp³-hybridized carbons (Fsp3) is 0.667. The second kappa shape index (κ2) is 6.48. The third-order valence-corrected chi connectivity index (χ3v) is 8.09. The molecule has 0 amide bonds. The van der Waals surface area contributed by atoms with E-state index in [9.17, 15) is 4.79 Å². The van der Waals surface area contributed by atoms with Crippen LogP contribution in [0.4, 0.5) is 0 Å². The maximum absolute atomic E-state index is 12.9. The molecule has 4 heterocycles. The number of fused-ring (bicyclic) bond motifs is 2. The first-order valence-corrected chi connectivity index (χ1v) is 10.9. The van der Waals surface area contributed by atoms with Gasteiger partial charge in [0.25, 0.3) is 0 Å². The SMILES string of the molecule is C[C@@H]1CC[C@H]2[C@@H](CSc3ccccc3)C(=O)O[C@@H]3O[C@@]4(C)CC[C@@H]1[C@]32OO4. The molecular formula is C21H26O5S. The minimum atomic E-state index is -0.830. The minimum absolute atomic E-state index is 0.0591. The van der Waals surface area contributed by atoms with Gasteiger partial charge in [0, 0.05) is 28.9 Å². The Balaban J connectivity index is 1.47. The molecule has 5 fully saturated rings. The van der Waals surface area contributed by atoms with E-state index in [0.717, 1.165) is 30.6 Å². The highest BCUT2D eigenvalue weighted by Gasteiger charge is 2.70. The van der Waals surface area contributed by atoms with E-state index in [1.54, 1.807) is 11.8 Å². The van der Waals surface area contributed by atoms with Gasteiger partial charge in [-0.15, -0.1) is 11.8 Å². The smallest absolute Gasteiger partial charge is 0.312 e. The normalized spacial score (nSPS) is 45.7. The van der Waals surface area contributed by atoms with E-state index in [1.165, 1.54) is 0 Å². The van der Waals surface area contributed by atoms with Crippen LogP contribution in [0.25, 0.3) is 0 Å². The van der Waals surface area contributed by atoms with Gasteiger partial charge in [0.05, 0.1) is 5.92 Å². The Hall–Kier alpha value is -1.08. The summed E-state index contributed by atoms with van der Waals surface area (Å²) in [6, 6.07) is 10.2. The lowest BCUT2D eigenvalue weighted by atomic mass is 9.58. The van der Waals surface area contributed by atoms with Crippen LogP contribution in [0.5, 0.6) is 0 Å². The lowest BCUT2D eigenvalue weighted by molar-refractivity contribution is -0.559. The third kappa shape index (κ3) is 2.76. The van der Waals surface area contributed by atoms with Gasteiger partial charge >= 0.3 is 5.97 Å². The minimum Gasteiger partial charge on any atom is -0.432 e. The Morgan fingerprint density at radius 1 is 1.11 bits per heavy atom. The predicted octanol–water partition coefficient (Wildman–Crippen LogP) is 4.17. The second-order valence-corrected chi connectivity index (χ2v) is 9.67. The van der Waals surface area contributed by atoms with Gasteiger partial charge in [-0.3, -0.25) is 4.79 Å².